The van der Waals surface area contributed by atoms with E-state index >= 15 is 0 Å². The minimum atomic E-state index is -0.237. The van der Waals surface area contributed by atoms with Crippen molar-refractivity contribution in [2.45, 2.75) is 19.0 Å². The zero-order chi connectivity index (χ0) is 20.9. The summed E-state index contributed by atoms with van der Waals surface area (Å²) in [5.41, 5.74) is 4.59. The second kappa shape index (κ2) is 8.89. The third-order valence-electron chi connectivity index (χ3n) is 5.07. The maximum atomic E-state index is 12.5. The first kappa shape index (κ1) is 19.8. The molecule has 2 N–H and O–H groups in total. The molecule has 150 valence electrons. The van der Waals surface area contributed by atoms with Crippen molar-refractivity contribution in [1.82, 2.24) is 5.32 Å². The SMILES string of the molecule is [C-]#[N+]c1ccc2c(c1)C[C@H](NC(=O)Nc1ccccc1)CN2Cc1cccc(Cl)c1. The first-order chi connectivity index (χ1) is 14.6. The molecule has 0 radical (unpaired) electrons. The predicted molar refractivity (Wildman–Crippen MR) is 121 cm³/mol. The molecule has 0 aliphatic carbocycles. The molecule has 0 bridgehead atoms. The summed E-state index contributed by atoms with van der Waals surface area (Å²) >= 11 is 6.16. The van der Waals surface area contributed by atoms with Crippen molar-refractivity contribution in [3.05, 3.63) is 100 Å². The van der Waals surface area contributed by atoms with Crippen molar-refractivity contribution in [2.75, 3.05) is 16.8 Å². The zero-order valence-electron chi connectivity index (χ0n) is 16.3. The van der Waals surface area contributed by atoms with E-state index in [1.54, 1.807) is 0 Å². The van der Waals surface area contributed by atoms with E-state index < -0.39 is 0 Å². The number of fused-ring (bicyclic) bond motifs is 1. The normalized spacial score (nSPS) is 15.1. The fourth-order valence-corrected chi connectivity index (χ4v) is 4.00. The average Bonchev–Trinajstić information content (AvgIpc) is 2.74. The van der Waals surface area contributed by atoms with Crippen molar-refractivity contribution >= 4 is 34.7 Å². The van der Waals surface area contributed by atoms with Gasteiger partial charge in [-0.1, -0.05) is 54.1 Å². The second-order valence-electron chi connectivity index (χ2n) is 7.30. The van der Waals surface area contributed by atoms with Gasteiger partial charge in [0, 0.05) is 29.5 Å². The van der Waals surface area contributed by atoms with Crippen molar-refractivity contribution in [3.8, 4) is 0 Å². The van der Waals surface area contributed by atoms with E-state index in [1.165, 1.54) is 0 Å². The highest BCUT2D eigenvalue weighted by Crippen LogP contribution is 2.32. The van der Waals surface area contributed by atoms with Crippen LogP contribution in [0.3, 0.4) is 0 Å². The van der Waals surface area contributed by atoms with E-state index in [4.69, 9.17) is 18.2 Å². The molecule has 1 heterocycles. The van der Waals surface area contributed by atoms with Crippen LogP contribution in [0.2, 0.25) is 5.02 Å². The summed E-state index contributed by atoms with van der Waals surface area (Å²) in [4.78, 5) is 18.3. The molecule has 2 amide bonds. The Balaban J connectivity index is 1.54. The van der Waals surface area contributed by atoms with Gasteiger partial charge in [0.25, 0.3) is 0 Å². The highest BCUT2D eigenvalue weighted by Gasteiger charge is 2.26. The van der Waals surface area contributed by atoms with Gasteiger partial charge in [0.1, 0.15) is 0 Å². The molecule has 3 aromatic rings. The minimum absolute atomic E-state index is 0.0821. The van der Waals surface area contributed by atoms with Crippen molar-refractivity contribution in [3.63, 3.8) is 0 Å². The summed E-state index contributed by atoms with van der Waals surface area (Å²) in [6.45, 7) is 8.66. The van der Waals surface area contributed by atoms with Gasteiger partial charge in [0.05, 0.1) is 12.6 Å². The van der Waals surface area contributed by atoms with Crippen molar-refractivity contribution < 1.29 is 4.79 Å². The number of carbonyl (C=O) groups excluding carboxylic acids is 1. The van der Waals surface area contributed by atoms with Gasteiger partial charge in [0.2, 0.25) is 0 Å². The van der Waals surface area contributed by atoms with Gasteiger partial charge in [-0.25, -0.2) is 9.64 Å². The quantitative estimate of drug-likeness (QED) is 0.540. The molecule has 1 atom stereocenters. The van der Waals surface area contributed by atoms with Crippen LogP contribution in [-0.4, -0.2) is 18.6 Å². The number of nitrogens with zero attached hydrogens (tertiary/aromatic N) is 2. The molecule has 0 spiro atoms. The number of amides is 2. The topological polar surface area (TPSA) is 48.7 Å². The number of halogens is 1. The second-order valence-corrected chi connectivity index (χ2v) is 7.74. The highest BCUT2D eigenvalue weighted by molar-refractivity contribution is 6.30. The molecule has 0 saturated carbocycles. The lowest BCUT2D eigenvalue weighted by Gasteiger charge is -2.37. The van der Waals surface area contributed by atoms with Gasteiger partial charge in [-0.2, -0.15) is 0 Å². The number of urea groups is 1. The lowest BCUT2D eigenvalue weighted by molar-refractivity contribution is 0.248. The number of anilines is 2. The minimum Gasteiger partial charge on any atom is -0.365 e. The van der Waals surface area contributed by atoms with Crippen LogP contribution in [0.15, 0.2) is 72.8 Å². The van der Waals surface area contributed by atoms with Crippen LogP contribution in [-0.2, 0) is 13.0 Å². The first-order valence-electron chi connectivity index (χ1n) is 9.73. The van der Waals surface area contributed by atoms with Crippen LogP contribution in [0.25, 0.3) is 4.85 Å². The standard InChI is InChI=1S/C24H21ClN4O/c1-26-21-10-11-23-18(13-21)14-22(28-24(30)27-20-8-3-2-4-9-20)16-29(23)15-17-6-5-7-19(25)12-17/h2-13,22H,14-16H2,(H2,27,28,30)/t22-/m0/s1. The number of para-hydroxylation sites is 1. The predicted octanol–water partition coefficient (Wildman–Crippen LogP) is 5.64. The Labute approximate surface area is 181 Å². The van der Waals surface area contributed by atoms with Crippen LogP contribution in [0.4, 0.5) is 21.9 Å². The van der Waals surface area contributed by atoms with Crippen LogP contribution in [0, 0.1) is 6.57 Å². The van der Waals surface area contributed by atoms with E-state index in [-0.39, 0.29) is 12.1 Å². The third kappa shape index (κ3) is 4.73. The van der Waals surface area contributed by atoms with E-state index in [1.807, 2.05) is 72.8 Å². The van der Waals surface area contributed by atoms with E-state index in [9.17, 15) is 4.79 Å². The molecule has 1 aliphatic heterocycles. The maximum absolute atomic E-state index is 12.5. The van der Waals surface area contributed by atoms with Crippen molar-refractivity contribution in [2.24, 2.45) is 0 Å². The lowest BCUT2D eigenvalue weighted by atomic mass is 9.96. The molecule has 6 heteroatoms. The molecular weight excluding hydrogens is 396 g/mol. The number of benzene rings is 3. The number of hydrogen-bond acceptors (Lipinski definition) is 2. The monoisotopic (exact) mass is 416 g/mol. The number of rotatable bonds is 4. The number of nitrogens with one attached hydrogen (secondary N) is 2. The van der Waals surface area contributed by atoms with Crippen LogP contribution < -0.4 is 15.5 Å². The lowest BCUT2D eigenvalue weighted by Crippen LogP contribution is -2.49. The first-order valence-corrected chi connectivity index (χ1v) is 10.1. The molecule has 3 aromatic carbocycles. The summed E-state index contributed by atoms with van der Waals surface area (Å²) in [5, 5.41) is 6.65. The van der Waals surface area contributed by atoms with Gasteiger partial charge in [0.15, 0.2) is 5.69 Å². The van der Waals surface area contributed by atoms with Crippen LogP contribution >= 0.6 is 11.6 Å². The smallest absolute Gasteiger partial charge is 0.319 e. The molecule has 4 rings (SSSR count). The molecule has 1 aliphatic rings. The van der Waals surface area contributed by atoms with Gasteiger partial charge in [-0.05, 0) is 47.9 Å². The molecule has 0 aromatic heterocycles. The summed E-state index contributed by atoms with van der Waals surface area (Å²) < 4.78 is 0. The summed E-state index contributed by atoms with van der Waals surface area (Å²) in [6, 6.07) is 22.6. The largest absolute Gasteiger partial charge is 0.365 e. The Kier molecular flexibility index (Phi) is 5.87. The zero-order valence-corrected chi connectivity index (χ0v) is 17.1. The Morgan fingerprint density at radius 3 is 2.70 bits per heavy atom. The number of carbonyl (C=O) groups is 1. The summed E-state index contributed by atoms with van der Waals surface area (Å²) in [6.07, 6.45) is 0.674. The van der Waals surface area contributed by atoms with Crippen LogP contribution in [0.5, 0.6) is 0 Å². The average molecular weight is 417 g/mol. The van der Waals surface area contributed by atoms with Gasteiger partial charge < -0.3 is 15.5 Å². The summed E-state index contributed by atoms with van der Waals surface area (Å²) in [7, 11) is 0. The van der Waals surface area contributed by atoms with E-state index in [0.29, 0.717) is 30.2 Å². The Morgan fingerprint density at radius 2 is 1.93 bits per heavy atom. The van der Waals surface area contributed by atoms with Gasteiger partial charge in [-0.15, -0.1) is 0 Å². The molecule has 30 heavy (non-hydrogen) atoms. The third-order valence-corrected chi connectivity index (χ3v) is 5.30. The maximum Gasteiger partial charge on any atom is 0.319 e. The van der Waals surface area contributed by atoms with E-state index in [2.05, 4.69) is 20.4 Å². The van der Waals surface area contributed by atoms with Crippen LogP contribution in [0.1, 0.15) is 11.1 Å². The molecule has 5 nitrogen and oxygen atoms in total. The molecule has 0 unspecified atom stereocenters. The van der Waals surface area contributed by atoms with Gasteiger partial charge >= 0.3 is 6.03 Å². The number of hydrogen-bond donors (Lipinski definition) is 2. The fraction of sp³-hybridized carbons (Fsp3) is 0.167. The van der Waals surface area contributed by atoms with E-state index in [0.717, 1.165) is 22.5 Å². The Hall–Kier alpha value is -3.49. The van der Waals surface area contributed by atoms with Crippen molar-refractivity contribution in [1.29, 1.82) is 0 Å². The molecule has 0 saturated heterocycles. The Morgan fingerprint density at radius 1 is 1.10 bits per heavy atom. The fourth-order valence-electron chi connectivity index (χ4n) is 3.78. The highest BCUT2D eigenvalue weighted by atomic mass is 35.5. The Bertz CT molecular complexity index is 1090. The van der Waals surface area contributed by atoms with Gasteiger partial charge in [-0.3, -0.25) is 0 Å². The summed E-state index contributed by atoms with van der Waals surface area (Å²) in [5.74, 6) is 0. The molecule has 0 fully saturated rings. The molecular formula is C24H21ClN4O.